The number of benzene rings is 1. The van der Waals surface area contributed by atoms with Gasteiger partial charge in [-0.1, -0.05) is 0 Å². The molecule has 0 saturated carbocycles. The molecular formula is C17H30IN3O3. The van der Waals surface area contributed by atoms with Crippen LogP contribution in [0.1, 0.15) is 25.3 Å². The van der Waals surface area contributed by atoms with E-state index in [1.807, 2.05) is 25.1 Å². The molecule has 0 fully saturated rings. The molecule has 0 aliphatic carbocycles. The molecule has 0 saturated heterocycles. The molecule has 0 heterocycles. The second kappa shape index (κ2) is 14.2. The summed E-state index contributed by atoms with van der Waals surface area (Å²) in [6.07, 6.45) is 2.68. The molecule has 0 aliphatic rings. The third-order valence-electron chi connectivity index (χ3n) is 3.35. The van der Waals surface area contributed by atoms with Crippen LogP contribution in [0.25, 0.3) is 0 Å². The van der Waals surface area contributed by atoms with Gasteiger partial charge in [0.2, 0.25) is 0 Å². The fourth-order valence-electron chi connectivity index (χ4n) is 2.14. The van der Waals surface area contributed by atoms with Crippen LogP contribution in [0.15, 0.2) is 23.2 Å². The molecule has 1 rings (SSSR count). The van der Waals surface area contributed by atoms with Crippen molar-refractivity contribution in [3.05, 3.63) is 23.8 Å². The molecule has 24 heavy (non-hydrogen) atoms. The number of guanidine groups is 1. The van der Waals surface area contributed by atoms with E-state index in [0.29, 0.717) is 12.5 Å². The van der Waals surface area contributed by atoms with Gasteiger partial charge in [-0.3, -0.25) is 4.99 Å². The highest BCUT2D eigenvalue weighted by atomic mass is 127. The van der Waals surface area contributed by atoms with Crippen LogP contribution in [0, 0.1) is 0 Å². The van der Waals surface area contributed by atoms with Gasteiger partial charge in [0, 0.05) is 26.3 Å². The van der Waals surface area contributed by atoms with Crippen LogP contribution in [0.2, 0.25) is 0 Å². The van der Waals surface area contributed by atoms with Gasteiger partial charge in [0.05, 0.1) is 14.2 Å². The molecule has 1 aromatic carbocycles. The van der Waals surface area contributed by atoms with Crippen LogP contribution in [0.4, 0.5) is 0 Å². The van der Waals surface area contributed by atoms with Crippen molar-refractivity contribution < 1.29 is 14.2 Å². The van der Waals surface area contributed by atoms with Gasteiger partial charge in [-0.05, 0) is 49.9 Å². The summed E-state index contributed by atoms with van der Waals surface area (Å²) in [5.74, 6) is 2.19. The zero-order chi connectivity index (χ0) is 16.9. The van der Waals surface area contributed by atoms with Crippen LogP contribution in [0.5, 0.6) is 11.5 Å². The van der Waals surface area contributed by atoms with E-state index in [4.69, 9.17) is 19.9 Å². The topological polar surface area (TPSA) is 78.1 Å². The summed E-state index contributed by atoms with van der Waals surface area (Å²) in [5.41, 5.74) is 6.94. The second-order valence-corrected chi connectivity index (χ2v) is 5.03. The minimum atomic E-state index is 0. The summed E-state index contributed by atoms with van der Waals surface area (Å²) in [6, 6.07) is 5.81. The van der Waals surface area contributed by atoms with E-state index in [2.05, 4.69) is 10.3 Å². The molecule has 0 aromatic heterocycles. The van der Waals surface area contributed by atoms with Crippen molar-refractivity contribution in [1.82, 2.24) is 5.32 Å². The number of ether oxygens (including phenoxy) is 3. The van der Waals surface area contributed by atoms with Crippen molar-refractivity contribution in [2.24, 2.45) is 10.7 Å². The van der Waals surface area contributed by atoms with Crippen LogP contribution in [-0.2, 0) is 11.2 Å². The third-order valence-corrected chi connectivity index (χ3v) is 3.35. The van der Waals surface area contributed by atoms with E-state index in [0.717, 1.165) is 56.1 Å². The number of aliphatic imine (C=N–C) groups is 1. The van der Waals surface area contributed by atoms with Crippen molar-refractivity contribution in [2.75, 3.05) is 40.5 Å². The van der Waals surface area contributed by atoms with Crippen LogP contribution < -0.4 is 20.5 Å². The molecule has 0 aliphatic heterocycles. The predicted molar refractivity (Wildman–Crippen MR) is 109 cm³/mol. The van der Waals surface area contributed by atoms with Crippen molar-refractivity contribution in [1.29, 1.82) is 0 Å². The van der Waals surface area contributed by atoms with Gasteiger partial charge in [0.1, 0.15) is 11.5 Å². The maximum atomic E-state index is 5.82. The predicted octanol–water partition coefficient (Wildman–Crippen LogP) is 2.59. The first-order chi connectivity index (χ1) is 11.2. The summed E-state index contributed by atoms with van der Waals surface area (Å²) in [6.45, 7) is 4.92. The van der Waals surface area contributed by atoms with Crippen molar-refractivity contribution >= 4 is 29.9 Å². The number of hydrogen-bond acceptors (Lipinski definition) is 4. The quantitative estimate of drug-likeness (QED) is 0.234. The van der Waals surface area contributed by atoms with E-state index in [1.165, 1.54) is 0 Å². The molecular weight excluding hydrogens is 421 g/mol. The summed E-state index contributed by atoms with van der Waals surface area (Å²) >= 11 is 0. The first kappa shape index (κ1) is 22.8. The lowest BCUT2D eigenvalue weighted by Crippen LogP contribution is -2.33. The molecule has 0 spiro atoms. The second-order valence-electron chi connectivity index (χ2n) is 5.03. The fraction of sp³-hybridized carbons (Fsp3) is 0.588. The number of hydrogen-bond donors (Lipinski definition) is 2. The molecule has 0 atom stereocenters. The van der Waals surface area contributed by atoms with E-state index < -0.39 is 0 Å². The molecule has 6 nitrogen and oxygen atoms in total. The van der Waals surface area contributed by atoms with Gasteiger partial charge in [-0.15, -0.1) is 24.0 Å². The Bertz CT molecular complexity index is 484. The number of nitrogens with two attached hydrogens (primary N) is 1. The lowest BCUT2D eigenvalue weighted by Gasteiger charge is -2.10. The fourth-order valence-corrected chi connectivity index (χ4v) is 2.14. The lowest BCUT2D eigenvalue weighted by molar-refractivity contribution is 0.145. The van der Waals surface area contributed by atoms with Gasteiger partial charge in [-0.25, -0.2) is 0 Å². The molecule has 0 unspecified atom stereocenters. The number of aryl methyl sites for hydroxylation is 1. The molecule has 0 radical (unpaired) electrons. The Labute approximate surface area is 162 Å². The Kier molecular flexibility index (Phi) is 13.4. The Morgan fingerprint density at radius 1 is 1.21 bits per heavy atom. The summed E-state index contributed by atoms with van der Waals surface area (Å²) < 4.78 is 15.9. The smallest absolute Gasteiger partial charge is 0.188 e. The largest absolute Gasteiger partial charge is 0.497 e. The molecule has 3 N–H and O–H groups in total. The van der Waals surface area contributed by atoms with E-state index >= 15 is 0 Å². The maximum absolute atomic E-state index is 5.82. The van der Waals surface area contributed by atoms with Crippen molar-refractivity contribution in [3.8, 4) is 11.5 Å². The molecule has 138 valence electrons. The summed E-state index contributed by atoms with van der Waals surface area (Å²) in [4.78, 5) is 4.33. The maximum Gasteiger partial charge on any atom is 0.188 e. The summed E-state index contributed by atoms with van der Waals surface area (Å²) in [7, 11) is 3.33. The van der Waals surface area contributed by atoms with Gasteiger partial charge in [0.15, 0.2) is 5.96 Å². The minimum absolute atomic E-state index is 0. The molecule has 1 aromatic rings. The molecule has 0 bridgehead atoms. The van der Waals surface area contributed by atoms with Gasteiger partial charge < -0.3 is 25.3 Å². The normalized spacial score (nSPS) is 10.9. The van der Waals surface area contributed by atoms with Gasteiger partial charge in [0.25, 0.3) is 0 Å². The van der Waals surface area contributed by atoms with E-state index in [-0.39, 0.29) is 24.0 Å². The highest BCUT2D eigenvalue weighted by Gasteiger charge is 2.04. The van der Waals surface area contributed by atoms with Gasteiger partial charge in [-0.2, -0.15) is 0 Å². The van der Waals surface area contributed by atoms with Crippen molar-refractivity contribution in [2.45, 2.75) is 26.2 Å². The van der Waals surface area contributed by atoms with E-state index in [9.17, 15) is 0 Å². The number of methoxy groups -OCH3 is 2. The first-order valence-electron chi connectivity index (χ1n) is 8.03. The Morgan fingerprint density at radius 2 is 2.00 bits per heavy atom. The van der Waals surface area contributed by atoms with Crippen LogP contribution in [-0.4, -0.2) is 46.5 Å². The van der Waals surface area contributed by atoms with Gasteiger partial charge >= 0.3 is 0 Å². The minimum Gasteiger partial charge on any atom is -0.497 e. The average Bonchev–Trinajstić information content (AvgIpc) is 2.58. The molecule has 0 amide bonds. The highest BCUT2D eigenvalue weighted by molar-refractivity contribution is 14.0. The number of nitrogens with zero attached hydrogens (tertiary/aromatic N) is 1. The van der Waals surface area contributed by atoms with E-state index in [1.54, 1.807) is 14.2 Å². The zero-order valence-corrected chi connectivity index (χ0v) is 17.2. The number of rotatable bonds is 11. The average molecular weight is 451 g/mol. The lowest BCUT2D eigenvalue weighted by atomic mass is 10.1. The Morgan fingerprint density at radius 3 is 2.67 bits per heavy atom. The number of nitrogens with one attached hydrogen (secondary N) is 1. The monoisotopic (exact) mass is 451 g/mol. The first-order valence-corrected chi connectivity index (χ1v) is 8.03. The highest BCUT2D eigenvalue weighted by Crippen LogP contribution is 2.24. The third kappa shape index (κ3) is 9.17. The Balaban J connectivity index is 0.00000529. The van der Waals surface area contributed by atoms with Crippen LogP contribution >= 0.6 is 24.0 Å². The summed E-state index contributed by atoms with van der Waals surface area (Å²) in [5, 5.41) is 3.08. The molecule has 7 heteroatoms. The number of halogens is 1. The SMILES string of the molecule is CCOCCCNC(N)=NCCCc1cc(OC)ccc1OC.I. The standard InChI is InChI=1S/C17H29N3O3.HI/c1-4-23-12-6-11-20-17(18)19-10-5-7-14-13-15(21-2)8-9-16(14)22-3;/h8-9,13H,4-7,10-12H2,1-3H3,(H3,18,19,20);1H. The Hall–Kier alpha value is -1.22. The van der Waals surface area contributed by atoms with Crippen LogP contribution in [0.3, 0.4) is 0 Å². The zero-order valence-electron chi connectivity index (χ0n) is 14.8. The van der Waals surface area contributed by atoms with Crippen molar-refractivity contribution in [3.63, 3.8) is 0 Å².